The molecule has 17 heavy (non-hydrogen) atoms. The topological polar surface area (TPSA) is 0 Å². The van der Waals surface area contributed by atoms with E-state index in [1.54, 1.807) is 0 Å². The van der Waals surface area contributed by atoms with Crippen molar-refractivity contribution in [3.05, 3.63) is 33.8 Å². The van der Waals surface area contributed by atoms with Crippen LogP contribution >= 0.6 is 27.5 Å². The predicted octanol–water partition coefficient (Wildman–Crippen LogP) is 5.46. The second-order valence-electron chi connectivity index (χ2n) is 4.10. The Morgan fingerprint density at radius 2 is 2.00 bits per heavy atom. The van der Waals surface area contributed by atoms with Crippen molar-refractivity contribution in [2.75, 3.05) is 0 Å². The van der Waals surface area contributed by atoms with Crippen molar-refractivity contribution in [3.63, 3.8) is 0 Å². The summed E-state index contributed by atoms with van der Waals surface area (Å²) in [5, 5.41) is 0.110. The molecule has 0 spiro atoms. The Bertz CT molecular complexity index is 369. The van der Waals surface area contributed by atoms with Gasteiger partial charge >= 0.3 is 0 Å². The molecule has 0 aliphatic rings. The molecule has 0 bridgehead atoms. The lowest BCUT2D eigenvalue weighted by Crippen LogP contribution is -2.02. The van der Waals surface area contributed by atoms with Gasteiger partial charge in [0.05, 0.1) is 4.47 Å². The van der Waals surface area contributed by atoms with E-state index in [0.29, 0.717) is 17.3 Å². The van der Waals surface area contributed by atoms with Gasteiger partial charge in [0.25, 0.3) is 0 Å². The molecule has 0 saturated heterocycles. The fourth-order valence-corrected chi connectivity index (χ4v) is 2.50. The van der Waals surface area contributed by atoms with Gasteiger partial charge in [-0.2, -0.15) is 0 Å². The van der Waals surface area contributed by atoms with Gasteiger partial charge in [-0.05, 0) is 53.7 Å². The molecule has 0 aliphatic heterocycles. The normalized spacial score (nSPS) is 12.8. The molecule has 0 nitrogen and oxygen atoms in total. The first kappa shape index (κ1) is 14.9. The third-order valence-corrected chi connectivity index (χ3v) is 3.73. The van der Waals surface area contributed by atoms with Gasteiger partial charge in [0.15, 0.2) is 0 Å². The second-order valence-corrected chi connectivity index (χ2v) is 5.57. The summed E-state index contributed by atoms with van der Waals surface area (Å²) in [4.78, 5) is 0. The molecule has 0 heterocycles. The molecule has 0 aliphatic carbocycles. The van der Waals surface area contributed by atoms with E-state index >= 15 is 0 Å². The number of hydrogen-bond acceptors (Lipinski definition) is 0. The van der Waals surface area contributed by atoms with Crippen LogP contribution in [0.4, 0.5) is 8.78 Å². The highest BCUT2D eigenvalue weighted by Gasteiger charge is 2.12. The van der Waals surface area contributed by atoms with Crippen molar-refractivity contribution in [3.8, 4) is 0 Å². The van der Waals surface area contributed by atoms with E-state index in [-0.39, 0.29) is 10.9 Å². The molecule has 0 fully saturated rings. The Labute approximate surface area is 114 Å². The van der Waals surface area contributed by atoms with Crippen LogP contribution in [0.5, 0.6) is 0 Å². The SMILES string of the molecule is CCCC(Cl)CCCc1c(F)ccc(Br)c1F. The number of hydrogen-bond donors (Lipinski definition) is 0. The monoisotopic (exact) mass is 324 g/mol. The summed E-state index contributed by atoms with van der Waals surface area (Å²) in [7, 11) is 0. The molecular formula is C13H16BrClF2. The Balaban J connectivity index is 2.55. The third kappa shape index (κ3) is 4.55. The highest BCUT2D eigenvalue weighted by Crippen LogP contribution is 2.24. The van der Waals surface area contributed by atoms with Crippen LogP contribution < -0.4 is 0 Å². The van der Waals surface area contributed by atoms with Gasteiger partial charge in [0.1, 0.15) is 11.6 Å². The average Bonchev–Trinajstić information content (AvgIpc) is 2.29. The lowest BCUT2D eigenvalue weighted by molar-refractivity contribution is 0.538. The van der Waals surface area contributed by atoms with E-state index in [1.165, 1.54) is 12.1 Å². The molecular weight excluding hydrogens is 309 g/mol. The summed E-state index contributed by atoms with van der Waals surface area (Å²) in [5.41, 5.74) is 0.153. The molecule has 1 aromatic carbocycles. The molecule has 1 atom stereocenters. The summed E-state index contributed by atoms with van der Waals surface area (Å²) in [6, 6.07) is 2.67. The minimum absolute atomic E-state index is 0.110. The van der Waals surface area contributed by atoms with E-state index in [9.17, 15) is 8.78 Å². The standard InChI is InChI=1S/C13H16BrClF2/c1-2-4-9(15)5-3-6-10-12(16)8-7-11(14)13(10)17/h7-9H,2-6H2,1H3. The maximum atomic E-state index is 13.6. The van der Waals surface area contributed by atoms with E-state index < -0.39 is 11.6 Å². The molecule has 96 valence electrons. The van der Waals surface area contributed by atoms with Crippen molar-refractivity contribution in [1.82, 2.24) is 0 Å². The molecule has 0 radical (unpaired) electrons. The zero-order chi connectivity index (χ0) is 12.8. The Hall–Kier alpha value is -0.150. The maximum Gasteiger partial charge on any atom is 0.143 e. The molecule has 1 rings (SSSR count). The van der Waals surface area contributed by atoms with Gasteiger partial charge in [-0.15, -0.1) is 11.6 Å². The van der Waals surface area contributed by atoms with Crippen LogP contribution in [0.1, 0.15) is 38.2 Å². The molecule has 0 saturated carbocycles. The van der Waals surface area contributed by atoms with Crippen LogP contribution in [-0.4, -0.2) is 5.38 Å². The first-order valence-electron chi connectivity index (χ1n) is 5.82. The summed E-state index contributed by atoms with van der Waals surface area (Å²) in [6.45, 7) is 2.07. The summed E-state index contributed by atoms with van der Waals surface area (Å²) in [6.07, 6.45) is 3.88. The van der Waals surface area contributed by atoms with Crippen molar-refractivity contribution in [2.24, 2.45) is 0 Å². The van der Waals surface area contributed by atoms with Crippen LogP contribution in [0.25, 0.3) is 0 Å². The number of benzene rings is 1. The second kappa shape index (κ2) is 7.32. The Kier molecular flexibility index (Phi) is 6.42. The highest BCUT2D eigenvalue weighted by atomic mass is 79.9. The molecule has 4 heteroatoms. The smallest absolute Gasteiger partial charge is 0.143 e. The van der Waals surface area contributed by atoms with Crippen molar-refractivity contribution in [2.45, 2.75) is 44.4 Å². The first-order valence-corrected chi connectivity index (χ1v) is 7.05. The zero-order valence-electron chi connectivity index (χ0n) is 9.78. The minimum atomic E-state index is -0.494. The van der Waals surface area contributed by atoms with Crippen LogP contribution in [0.2, 0.25) is 0 Å². The summed E-state index contributed by atoms with van der Waals surface area (Å²) < 4.78 is 27.3. The fraction of sp³-hybridized carbons (Fsp3) is 0.538. The maximum absolute atomic E-state index is 13.6. The van der Waals surface area contributed by atoms with Gasteiger partial charge in [-0.1, -0.05) is 13.3 Å². The van der Waals surface area contributed by atoms with E-state index in [2.05, 4.69) is 22.9 Å². The number of rotatable bonds is 6. The molecule has 1 aromatic rings. The lowest BCUT2D eigenvalue weighted by Gasteiger charge is -2.09. The average molecular weight is 326 g/mol. The van der Waals surface area contributed by atoms with E-state index in [1.807, 2.05) is 0 Å². The Morgan fingerprint density at radius 3 is 2.65 bits per heavy atom. The fourth-order valence-electron chi connectivity index (χ4n) is 1.76. The van der Waals surface area contributed by atoms with Crippen LogP contribution in [0, 0.1) is 11.6 Å². The van der Waals surface area contributed by atoms with Gasteiger partial charge in [0, 0.05) is 10.9 Å². The van der Waals surface area contributed by atoms with Gasteiger partial charge in [0.2, 0.25) is 0 Å². The van der Waals surface area contributed by atoms with Gasteiger partial charge in [-0.3, -0.25) is 0 Å². The zero-order valence-corrected chi connectivity index (χ0v) is 12.1. The van der Waals surface area contributed by atoms with Crippen molar-refractivity contribution >= 4 is 27.5 Å². The molecule has 1 unspecified atom stereocenters. The van der Waals surface area contributed by atoms with Crippen molar-refractivity contribution < 1.29 is 8.78 Å². The highest BCUT2D eigenvalue weighted by molar-refractivity contribution is 9.10. The number of alkyl halides is 1. The third-order valence-electron chi connectivity index (χ3n) is 2.68. The first-order chi connectivity index (χ1) is 8.06. The largest absolute Gasteiger partial charge is 0.207 e. The summed E-state index contributed by atoms with van der Waals surface area (Å²) >= 11 is 9.12. The van der Waals surface area contributed by atoms with Gasteiger partial charge in [-0.25, -0.2) is 8.78 Å². The van der Waals surface area contributed by atoms with E-state index in [4.69, 9.17) is 11.6 Å². The number of halogens is 4. The Morgan fingerprint density at radius 1 is 1.29 bits per heavy atom. The molecule has 0 amide bonds. The molecule has 0 N–H and O–H groups in total. The predicted molar refractivity (Wildman–Crippen MR) is 71.5 cm³/mol. The van der Waals surface area contributed by atoms with Crippen LogP contribution in [0.15, 0.2) is 16.6 Å². The lowest BCUT2D eigenvalue weighted by atomic mass is 10.0. The quantitative estimate of drug-likeness (QED) is 0.481. The minimum Gasteiger partial charge on any atom is -0.207 e. The van der Waals surface area contributed by atoms with Gasteiger partial charge < -0.3 is 0 Å². The summed E-state index contributed by atoms with van der Waals surface area (Å²) in [5.74, 6) is -0.973. The van der Waals surface area contributed by atoms with Crippen LogP contribution in [-0.2, 0) is 6.42 Å². The van der Waals surface area contributed by atoms with E-state index in [0.717, 1.165) is 19.3 Å². The molecule has 0 aromatic heterocycles. The van der Waals surface area contributed by atoms with Crippen LogP contribution in [0.3, 0.4) is 0 Å². The van der Waals surface area contributed by atoms with Crippen molar-refractivity contribution in [1.29, 1.82) is 0 Å².